The maximum absolute atomic E-state index is 12.9. The highest BCUT2D eigenvalue weighted by Gasteiger charge is 2.30. The van der Waals surface area contributed by atoms with Crippen LogP contribution >= 0.6 is 0 Å². The Balaban J connectivity index is 1.09. The number of amides is 1. The van der Waals surface area contributed by atoms with Crippen LogP contribution in [0.1, 0.15) is 24.8 Å². The summed E-state index contributed by atoms with van der Waals surface area (Å²) in [6, 6.07) is 16.0. The van der Waals surface area contributed by atoms with Crippen LogP contribution in [0.4, 0.5) is 5.69 Å². The summed E-state index contributed by atoms with van der Waals surface area (Å²) >= 11 is 0. The summed E-state index contributed by atoms with van der Waals surface area (Å²) in [5.41, 5.74) is 4.83. The predicted octanol–water partition coefficient (Wildman–Crippen LogP) is 3.49. The van der Waals surface area contributed by atoms with E-state index >= 15 is 0 Å². The molecule has 0 spiro atoms. The topological polar surface area (TPSA) is 39.3 Å². The van der Waals surface area contributed by atoms with Gasteiger partial charge < -0.3 is 14.5 Å². The van der Waals surface area contributed by atoms with Crippen molar-refractivity contribution in [3.05, 3.63) is 48.0 Å². The molecule has 5 rings (SSSR count). The third-order valence-corrected chi connectivity index (χ3v) is 7.95. The van der Waals surface area contributed by atoms with Gasteiger partial charge in [-0.1, -0.05) is 24.6 Å². The van der Waals surface area contributed by atoms with Gasteiger partial charge in [-0.3, -0.25) is 14.6 Å². The van der Waals surface area contributed by atoms with E-state index in [1.54, 1.807) is 7.11 Å². The van der Waals surface area contributed by atoms with Crippen LogP contribution in [0.3, 0.4) is 0 Å². The monoisotopic (exact) mass is 462 g/mol. The average Bonchev–Trinajstić information content (AvgIpc) is 2.84. The molecule has 6 heteroatoms. The molecule has 0 unspecified atom stereocenters. The highest BCUT2D eigenvalue weighted by molar-refractivity contribution is 5.78. The van der Waals surface area contributed by atoms with Crippen LogP contribution in [0.15, 0.2) is 42.5 Å². The highest BCUT2D eigenvalue weighted by atomic mass is 16.5. The van der Waals surface area contributed by atoms with Crippen LogP contribution in [-0.2, 0) is 4.79 Å². The van der Waals surface area contributed by atoms with E-state index in [0.29, 0.717) is 12.5 Å². The smallest absolute Gasteiger partial charge is 0.236 e. The Bertz CT molecular complexity index is 972. The molecule has 6 nitrogen and oxygen atoms in total. The number of carbonyl (C=O) groups excluding carboxylic acids is 1. The molecule has 0 aromatic heterocycles. The second-order valence-corrected chi connectivity index (χ2v) is 10.00. The predicted molar refractivity (Wildman–Crippen MR) is 138 cm³/mol. The van der Waals surface area contributed by atoms with Crippen LogP contribution in [0.25, 0.3) is 11.1 Å². The van der Waals surface area contributed by atoms with Crippen molar-refractivity contribution in [1.82, 2.24) is 14.7 Å². The first-order chi connectivity index (χ1) is 16.6. The van der Waals surface area contributed by atoms with E-state index in [0.717, 1.165) is 69.7 Å². The van der Waals surface area contributed by atoms with E-state index in [2.05, 4.69) is 62.9 Å². The van der Waals surface area contributed by atoms with E-state index in [1.165, 1.54) is 36.1 Å². The molecule has 3 fully saturated rings. The van der Waals surface area contributed by atoms with E-state index in [-0.39, 0.29) is 0 Å². The van der Waals surface area contributed by atoms with Crippen LogP contribution in [0, 0.1) is 6.92 Å². The Morgan fingerprint density at radius 2 is 1.56 bits per heavy atom. The Labute approximate surface area is 204 Å². The Morgan fingerprint density at radius 3 is 2.15 bits per heavy atom. The van der Waals surface area contributed by atoms with Crippen LogP contribution in [0.5, 0.6) is 5.75 Å². The first kappa shape index (κ1) is 23.2. The van der Waals surface area contributed by atoms with E-state index in [1.807, 2.05) is 6.07 Å². The molecule has 1 saturated carbocycles. The number of anilines is 1. The number of nitrogens with zero attached hydrogens (tertiary/aromatic N) is 4. The molecular formula is C28H38N4O2. The van der Waals surface area contributed by atoms with Crippen molar-refractivity contribution in [2.75, 3.05) is 70.9 Å². The van der Waals surface area contributed by atoms with Crippen molar-refractivity contribution < 1.29 is 9.53 Å². The molecule has 0 radical (unpaired) electrons. The van der Waals surface area contributed by atoms with Gasteiger partial charge in [0.25, 0.3) is 0 Å². The van der Waals surface area contributed by atoms with Crippen LogP contribution in [0.2, 0.25) is 0 Å². The van der Waals surface area contributed by atoms with Crippen molar-refractivity contribution in [2.45, 2.75) is 32.2 Å². The van der Waals surface area contributed by atoms with Gasteiger partial charge in [0.15, 0.2) is 0 Å². The van der Waals surface area contributed by atoms with Crippen molar-refractivity contribution >= 4 is 11.6 Å². The minimum absolute atomic E-state index is 0.306. The lowest BCUT2D eigenvalue weighted by molar-refractivity contribution is -0.134. The van der Waals surface area contributed by atoms with Gasteiger partial charge in [-0.25, -0.2) is 0 Å². The van der Waals surface area contributed by atoms with Gasteiger partial charge in [0.1, 0.15) is 5.75 Å². The van der Waals surface area contributed by atoms with Crippen molar-refractivity contribution in [2.24, 2.45) is 0 Å². The van der Waals surface area contributed by atoms with Crippen molar-refractivity contribution in [3.8, 4) is 16.9 Å². The quantitative estimate of drug-likeness (QED) is 0.657. The van der Waals surface area contributed by atoms with Gasteiger partial charge in [0.05, 0.1) is 13.7 Å². The maximum atomic E-state index is 12.9. The van der Waals surface area contributed by atoms with Gasteiger partial charge in [0, 0.05) is 64.1 Å². The average molecular weight is 463 g/mol. The standard InChI is InChI=1S/C28H38N4O2/c1-22-20-24(8-11-27(22)34-2)23-6-9-26(10-7-23)30-14-12-29(13-15-30)21-28(33)32-18-16-31(17-19-32)25-4-3-5-25/h6-11,20,25H,3-5,12-19,21H2,1-2H3. The fourth-order valence-electron chi connectivity index (χ4n) is 5.47. The molecule has 3 aliphatic rings. The fraction of sp³-hybridized carbons (Fsp3) is 0.536. The second-order valence-electron chi connectivity index (χ2n) is 10.00. The molecule has 2 aromatic rings. The molecule has 34 heavy (non-hydrogen) atoms. The highest BCUT2D eigenvalue weighted by Crippen LogP contribution is 2.28. The number of hydrogen-bond acceptors (Lipinski definition) is 5. The Morgan fingerprint density at radius 1 is 0.882 bits per heavy atom. The number of hydrogen-bond donors (Lipinski definition) is 0. The number of carbonyl (C=O) groups is 1. The molecule has 182 valence electrons. The molecule has 2 saturated heterocycles. The van der Waals surface area contributed by atoms with Gasteiger partial charge in [-0.2, -0.15) is 0 Å². The third-order valence-electron chi connectivity index (χ3n) is 7.95. The zero-order valence-corrected chi connectivity index (χ0v) is 20.7. The summed E-state index contributed by atoms with van der Waals surface area (Å²) in [5.74, 6) is 1.23. The zero-order chi connectivity index (χ0) is 23.5. The summed E-state index contributed by atoms with van der Waals surface area (Å²) in [7, 11) is 1.71. The number of methoxy groups -OCH3 is 1. The number of rotatable bonds is 6. The van der Waals surface area contributed by atoms with E-state index in [4.69, 9.17) is 4.74 Å². The Kier molecular flexibility index (Phi) is 7.07. The Hall–Kier alpha value is -2.57. The summed E-state index contributed by atoms with van der Waals surface area (Å²) < 4.78 is 5.38. The van der Waals surface area contributed by atoms with Crippen molar-refractivity contribution in [3.63, 3.8) is 0 Å². The molecule has 2 aliphatic heterocycles. The normalized spacial score (nSPS) is 20.3. The maximum Gasteiger partial charge on any atom is 0.236 e. The molecule has 0 atom stereocenters. The van der Waals surface area contributed by atoms with Crippen molar-refractivity contribution in [1.29, 1.82) is 0 Å². The SMILES string of the molecule is COc1ccc(-c2ccc(N3CCN(CC(=O)N4CCN(C5CCC5)CC4)CC3)cc2)cc1C. The lowest BCUT2D eigenvalue weighted by Gasteiger charge is -2.43. The van der Waals surface area contributed by atoms with E-state index < -0.39 is 0 Å². The zero-order valence-electron chi connectivity index (χ0n) is 20.7. The lowest BCUT2D eigenvalue weighted by atomic mass is 9.91. The van der Waals surface area contributed by atoms with Gasteiger partial charge >= 0.3 is 0 Å². The first-order valence-electron chi connectivity index (χ1n) is 12.8. The molecule has 2 aromatic carbocycles. The van der Waals surface area contributed by atoms with Gasteiger partial charge in [0.2, 0.25) is 5.91 Å². The van der Waals surface area contributed by atoms with Crippen LogP contribution < -0.4 is 9.64 Å². The largest absolute Gasteiger partial charge is 0.496 e. The van der Waals surface area contributed by atoms with Gasteiger partial charge in [-0.05, 0) is 60.7 Å². The molecule has 0 N–H and O–H groups in total. The second kappa shape index (κ2) is 10.4. The molecule has 1 aliphatic carbocycles. The third kappa shape index (κ3) is 5.08. The molecule has 0 bridgehead atoms. The van der Waals surface area contributed by atoms with E-state index in [9.17, 15) is 4.79 Å². The number of aryl methyl sites for hydroxylation is 1. The fourth-order valence-corrected chi connectivity index (χ4v) is 5.47. The number of ether oxygens (including phenoxy) is 1. The molecular weight excluding hydrogens is 424 g/mol. The number of piperazine rings is 2. The summed E-state index contributed by atoms with van der Waals surface area (Å²) in [6.07, 6.45) is 4.08. The van der Waals surface area contributed by atoms with Crippen LogP contribution in [-0.4, -0.2) is 92.7 Å². The van der Waals surface area contributed by atoms with Gasteiger partial charge in [-0.15, -0.1) is 0 Å². The minimum Gasteiger partial charge on any atom is -0.496 e. The molecule has 2 heterocycles. The number of benzene rings is 2. The minimum atomic E-state index is 0.306. The first-order valence-corrected chi connectivity index (χ1v) is 12.8. The lowest BCUT2D eigenvalue weighted by Crippen LogP contribution is -2.56. The summed E-state index contributed by atoms with van der Waals surface area (Å²) in [5, 5.41) is 0. The molecule has 1 amide bonds. The summed E-state index contributed by atoms with van der Waals surface area (Å²) in [4.78, 5) is 22.3. The summed E-state index contributed by atoms with van der Waals surface area (Å²) in [6.45, 7) is 10.3.